The molecule has 1 aliphatic rings. The Labute approximate surface area is 134 Å². The lowest BCUT2D eigenvalue weighted by Crippen LogP contribution is -2.31. The van der Waals surface area contributed by atoms with Gasteiger partial charge in [0, 0.05) is 19.6 Å². The molecular formula is C17H19N5O. The number of hydrogen-bond donors (Lipinski definition) is 2. The number of aromatic amines is 1. The Morgan fingerprint density at radius 2 is 1.96 bits per heavy atom. The van der Waals surface area contributed by atoms with Gasteiger partial charge < -0.3 is 10.2 Å². The van der Waals surface area contributed by atoms with E-state index in [-0.39, 0.29) is 5.56 Å². The van der Waals surface area contributed by atoms with Crippen LogP contribution in [0.15, 0.2) is 29.1 Å². The number of fused-ring (bicyclic) bond motifs is 1. The summed E-state index contributed by atoms with van der Waals surface area (Å²) in [5.74, 6) is 0.883. The zero-order valence-electron chi connectivity index (χ0n) is 13.1. The molecule has 23 heavy (non-hydrogen) atoms. The topological polar surface area (TPSA) is 84.8 Å². The Hall–Kier alpha value is -2.81. The number of nitriles is 1. The maximum atomic E-state index is 12.1. The largest absolute Gasteiger partial charge is 0.356 e. The van der Waals surface area contributed by atoms with E-state index in [0.717, 1.165) is 25.9 Å². The fourth-order valence-corrected chi connectivity index (χ4v) is 2.92. The van der Waals surface area contributed by atoms with Crippen LogP contribution >= 0.6 is 0 Å². The fourth-order valence-electron chi connectivity index (χ4n) is 2.92. The van der Waals surface area contributed by atoms with Crippen LogP contribution < -0.4 is 15.8 Å². The second kappa shape index (κ2) is 6.53. The van der Waals surface area contributed by atoms with Crippen LogP contribution in [0.4, 0.5) is 11.8 Å². The van der Waals surface area contributed by atoms with Gasteiger partial charge in [-0.1, -0.05) is 24.3 Å². The number of benzene rings is 1. The number of nitrogens with one attached hydrogen (secondary N) is 2. The van der Waals surface area contributed by atoms with Crippen LogP contribution in [-0.4, -0.2) is 29.6 Å². The first-order chi connectivity index (χ1) is 11.2. The predicted molar refractivity (Wildman–Crippen MR) is 89.8 cm³/mol. The zero-order chi connectivity index (χ0) is 16.2. The van der Waals surface area contributed by atoms with Gasteiger partial charge in [0.15, 0.2) is 11.4 Å². The van der Waals surface area contributed by atoms with Gasteiger partial charge in [0.05, 0.1) is 0 Å². The van der Waals surface area contributed by atoms with E-state index in [0.29, 0.717) is 18.3 Å². The lowest BCUT2D eigenvalue weighted by molar-refractivity contribution is 0.784. The summed E-state index contributed by atoms with van der Waals surface area (Å²) in [6.07, 6.45) is 1.76. The van der Waals surface area contributed by atoms with Gasteiger partial charge in [0.1, 0.15) is 6.07 Å². The van der Waals surface area contributed by atoms with E-state index in [1.54, 1.807) is 0 Å². The first kappa shape index (κ1) is 15.1. The monoisotopic (exact) mass is 309 g/mol. The average molecular weight is 309 g/mol. The molecular weight excluding hydrogens is 290 g/mol. The van der Waals surface area contributed by atoms with Crippen molar-refractivity contribution in [1.29, 1.82) is 5.26 Å². The summed E-state index contributed by atoms with van der Waals surface area (Å²) < 4.78 is 0. The molecule has 0 aliphatic carbocycles. The molecule has 1 aromatic carbocycles. The predicted octanol–water partition coefficient (Wildman–Crippen LogP) is 1.68. The fraction of sp³-hybridized carbons (Fsp3) is 0.353. The highest BCUT2D eigenvalue weighted by Gasteiger charge is 2.20. The van der Waals surface area contributed by atoms with Gasteiger partial charge in [-0.15, -0.1) is 0 Å². The molecule has 0 saturated heterocycles. The number of anilines is 2. The third kappa shape index (κ3) is 3.04. The van der Waals surface area contributed by atoms with E-state index >= 15 is 0 Å². The van der Waals surface area contributed by atoms with Crippen molar-refractivity contribution in [2.24, 2.45) is 0 Å². The van der Waals surface area contributed by atoms with Crippen molar-refractivity contribution in [1.82, 2.24) is 9.97 Å². The molecule has 0 atom stereocenters. The highest BCUT2D eigenvalue weighted by Crippen LogP contribution is 2.21. The Bertz CT molecular complexity index is 778. The lowest BCUT2D eigenvalue weighted by atomic mass is 10.0. The van der Waals surface area contributed by atoms with Gasteiger partial charge in [-0.05, 0) is 30.9 Å². The smallest absolute Gasteiger partial charge is 0.272 e. The van der Waals surface area contributed by atoms with Crippen molar-refractivity contribution in [3.63, 3.8) is 0 Å². The molecule has 2 heterocycles. The van der Waals surface area contributed by atoms with E-state index in [1.807, 2.05) is 30.0 Å². The summed E-state index contributed by atoms with van der Waals surface area (Å²) in [6, 6.07) is 10.4. The van der Waals surface area contributed by atoms with Gasteiger partial charge in [-0.2, -0.15) is 10.2 Å². The van der Waals surface area contributed by atoms with Crippen molar-refractivity contribution in [3.05, 3.63) is 51.3 Å². The normalized spacial score (nSPS) is 13.8. The SMILES string of the molecule is CCNc1nc(N2CCc3ccccc3CC2)c(C#N)c(=O)[nH]1. The molecule has 0 bridgehead atoms. The number of hydrogen-bond acceptors (Lipinski definition) is 5. The third-order valence-electron chi connectivity index (χ3n) is 4.08. The standard InChI is InChI=1S/C17H19N5O/c1-2-19-17-20-15(14(11-18)16(23)21-17)22-9-7-12-5-3-4-6-13(12)8-10-22/h3-6H,2,7-10H2,1H3,(H2,19,20,21,23). The quantitative estimate of drug-likeness (QED) is 0.901. The molecule has 6 heteroatoms. The summed E-state index contributed by atoms with van der Waals surface area (Å²) in [7, 11) is 0. The molecule has 2 aromatic rings. The second-order valence-corrected chi connectivity index (χ2v) is 5.51. The molecule has 0 amide bonds. The van der Waals surface area contributed by atoms with E-state index in [1.165, 1.54) is 11.1 Å². The molecule has 0 fully saturated rings. The Morgan fingerprint density at radius 1 is 1.30 bits per heavy atom. The molecule has 6 nitrogen and oxygen atoms in total. The van der Waals surface area contributed by atoms with E-state index < -0.39 is 5.56 Å². The molecule has 3 rings (SSSR count). The summed E-state index contributed by atoms with van der Waals surface area (Å²) in [6.45, 7) is 4.07. The van der Waals surface area contributed by atoms with Crippen molar-refractivity contribution in [2.75, 3.05) is 29.9 Å². The number of rotatable bonds is 3. The number of aromatic nitrogens is 2. The van der Waals surface area contributed by atoms with Gasteiger partial charge in [-0.25, -0.2) is 0 Å². The zero-order valence-corrected chi connectivity index (χ0v) is 13.1. The van der Waals surface area contributed by atoms with E-state index in [9.17, 15) is 10.1 Å². The molecule has 2 N–H and O–H groups in total. The van der Waals surface area contributed by atoms with Crippen molar-refractivity contribution >= 4 is 11.8 Å². The Kier molecular flexibility index (Phi) is 4.29. The first-order valence-electron chi connectivity index (χ1n) is 7.83. The van der Waals surface area contributed by atoms with Crippen molar-refractivity contribution in [3.8, 4) is 6.07 Å². The van der Waals surface area contributed by atoms with Crippen molar-refractivity contribution < 1.29 is 0 Å². The minimum absolute atomic E-state index is 0.0811. The molecule has 0 unspecified atom stereocenters. The van der Waals surface area contributed by atoms with Crippen LogP contribution in [0, 0.1) is 11.3 Å². The second-order valence-electron chi connectivity index (χ2n) is 5.51. The lowest BCUT2D eigenvalue weighted by Gasteiger charge is -2.22. The average Bonchev–Trinajstić information content (AvgIpc) is 2.77. The Morgan fingerprint density at radius 3 is 2.52 bits per heavy atom. The van der Waals surface area contributed by atoms with Gasteiger partial charge >= 0.3 is 0 Å². The molecule has 0 saturated carbocycles. The van der Waals surface area contributed by atoms with Crippen LogP contribution in [0.2, 0.25) is 0 Å². The number of H-pyrrole nitrogens is 1. The maximum absolute atomic E-state index is 12.1. The molecule has 0 spiro atoms. The van der Waals surface area contributed by atoms with Crippen LogP contribution in [-0.2, 0) is 12.8 Å². The van der Waals surface area contributed by atoms with Gasteiger partial charge in [-0.3, -0.25) is 9.78 Å². The molecule has 1 aliphatic heterocycles. The van der Waals surface area contributed by atoms with Crippen LogP contribution in [0.5, 0.6) is 0 Å². The Balaban J connectivity index is 1.96. The highest BCUT2D eigenvalue weighted by molar-refractivity contribution is 5.56. The number of nitrogens with zero attached hydrogens (tertiary/aromatic N) is 3. The highest BCUT2D eigenvalue weighted by atomic mass is 16.1. The maximum Gasteiger partial charge on any atom is 0.272 e. The third-order valence-corrected chi connectivity index (χ3v) is 4.08. The first-order valence-corrected chi connectivity index (χ1v) is 7.83. The molecule has 118 valence electrons. The molecule has 1 aromatic heterocycles. The van der Waals surface area contributed by atoms with E-state index in [2.05, 4.69) is 27.4 Å². The van der Waals surface area contributed by atoms with Crippen molar-refractivity contribution in [2.45, 2.75) is 19.8 Å². The van der Waals surface area contributed by atoms with Crippen LogP contribution in [0.25, 0.3) is 0 Å². The van der Waals surface area contributed by atoms with Crippen LogP contribution in [0.1, 0.15) is 23.6 Å². The summed E-state index contributed by atoms with van der Waals surface area (Å²) in [5, 5.41) is 12.3. The van der Waals surface area contributed by atoms with E-state index in [4.69, 9.17) is 0 Å². The van der Waals surface area contributed by atoms with Crippen LogP contribution in [0.3, 0.4) is 0 Å². The summed E-state index contributed by atoms with van der Waals surface area (Å²) >= 11 is 0. The molecule has 0 radical (unpaired) electrons. The van der Waals surface area contributed by atoms with Gasteiger partial charge in [0.25, 0.3) is 5.56 Å². The minimum atomic E-state index is -0.393. The summed E-state index contributed by atoms with van der Waals surface area (Å²) in [4.78, 5) is 21.2. The van der Waals surface area contributed by atoms with Gasteiger partial charge in [0.2, 0.25) is 5.95 Å². The minimum Gasteiger partial charge on any atom is -0.356 e. The summed E-state index contributed by atoms with van der Waals surface area (Å²) in [5.41, 5.74) is 2.34.